The van der Waals surface area contributed by atoms with Gasteiger partial charge in [-0.25, -0.2) is 4.79 Å². The lowest BCUT2D eigenvalue weighted by Crippen LogP contribution is -2.28. The van der Waals surface area contributed by atoms with Crippen molar-refractivity contribution in [1.29, 1.82) is 0 Å². The number of ether oxygens (including phenoxy) is 2. The smallest absolute Gasteiger partial charge is 0.319 e. The Morgan fingerprint density at radius 2 is 1.65 bits per heavy atom. The number of carbonyl (C=O) groups is 2. The Kier molecular flexibility index (Phi) is 6.18. The van der Waals surface area contributed by atoms with Gasteiger partial charge in [-0.3, -0.25) is 4.79 Å². The predicted molar refractivity (Wildman–Crippen MR) is 122 cm³/mol. The van der Waals surface area contributed by atoms with E-state index >= 15 is 0 Å². The highest BCUT2D eigenvalue weighted by atomic mass is 32.1. The molecule has 8 heteroatoms. The summed E-state index contributed by atoms with van der Waals surface area (Å²) in [7, 11) is 0. The average Bonchev–Trinajstić information content (AvgIpc) is 3.29. The van der Waals surface area contributed by atoms with Gasteiger partial charge in [0, 0.05) is 22.8 Å². The number of hydrogen-bond acceptors (Lipinski definition) is 5. The van der Waals surface area contributed by atoms with Gasteiger partial charge in [-0.1, -0.05) is 6.08 Å². The quantitative estimate of drug-likeness (QED) is 0.488. The molecule has 0 radical (unpaired) electrons. The molecular formula is C23H21N3O4S. The molecule has 1 aliphatic rings. The number of anilines is 2. The van der Waals surface area contributed by atoms with Crippen molar-refractivity contribution in [3.8, 4) is 21.9 Å². The summed E-state index contributed by atoms with van der Waals surface area (Å²) in [5, 5.41) is 8.21. The molecule has 31 heavy (non-hydrogen) atoms. The van der Waals surface area contributed by atoms with Crippen LogP contribution in [0.5, 0.6) is 11.5 Å². The molecule has 158 valence electrons. The first-order chi connectivity index (χ1) is 15.1. The van der Waals surface area contributed by atoms with Gasteiger partial charge < -0.3 is 25.4 Å². The van der Waals surface area contributed by atoms with Crippen LogP contribution in [0.2, 0.25) is 0 Å². The maximum Gasteiger partial charge on any atom is 0.319 e. The molecule has 4 rings (SSSR count). The van der Waals surface area contributed by atoms with Gasteiger partial charge in [0.2, 0.25) is 0 Å². The number of carbonyl (C=O) groups excluding carboxylic acids is 2. The van der Waals surface area contributed by atoms with Crippen molar-refractivity contribution in [3.63, 3.8) is 0 Å². The minimum absolute atomic E-state index is 0.196. The first-order valence-electron chi connectivity index (χ1n) is 9.69. The highest BCUT2D eigenvalue weighted by molar-refractivity contribution is 7.17. The van der Waals surface area contributed by atoms with E-state index in [0.717, 1.165) is 21.9 Å². The summed E-state index contributed by atoms with van der Waals surface area (Å²) in [5.74, 6) is 1.26. The summed E-state index contributed by atoms with van der Waals surface area (Å²) in [6.07, 6.45) is 1.60. The van der Waals surface area contributed by atoms with E-state index in [1.165, 1.54) is 11.3 Å². The van der Waals surface area contributed by atoms with Crippen LogP contribution in [0.1, 0.15) is 9.67 Å². The largest absolute Gasteiger partial charge is 0.486 e. The second-order valence-corrected chi connectivity index (χ2v) is 7.76. The van der Waals surface area contributed by atoms with Gasteiger partial charge in [0.1, 0.15) is 13.2 Å². The first-order valence-corrected chi connectivity index (χ1v) is 10.5. The maximum atomic E-state index is 12.6. The molecule has 7 nitrogen and oxygen atoms in total. The summed E-state index contributed by atoms with van der Waals surface area (Å²) in [4.78, 5) is 25.9. The van der Waals surface area contributed by atoms with Gasteiger partial charge in [-0.15, -0.1) is 17.9 Å². The summed E-state index contributed by atoms with van der Waals surface area (Å²) in [6.45, 7) is 5.01. The van der Waals surface area contributed by atoms with Crippen molar-refractivity contribution in [2.24, 2.45) is 0 Å². The van der Waals surface area contributed by atoms with Crippen molar-refractivity contribution in [2.75, 3.05) is 30.4 Å². The molecule has 2 heterocycles. The number of hydrogen-bond donors (Lipinski definition) is 3. The zero-order valence-electron chi connectivity index (χ0n) is 16.6. The van der Waals surface area contributed by atoms with E-state index in [4.69, 9.17) is 9.47 Å². The summed E-state index contributed by atoms with van der Waals surface area (Å²) in [6, 6.07) is 16.1. The molecule has 3 N–H and O–H groups in total. The van der Waals surface area contributed by atoms with Crippen molar-refractivity contribution < 1.29 is 19.1 Å². The molecule has 3 aromatic rings. The lowest BCUT2D eigenvalue weighted by Gasteiger charge is -2.18. The van der Waals surface area contributed by atoms with Gasteiger partial charge in [0.05, 0.1) is 4.88 Å². The molecule has 0 atom stereocenters. The van der Waals surface area contributed by atoms with Crippen molar-refractivity contribution in [2.45, 2.75) is 0 Å². The number of amides is 3. The Hall–Kier alpha value is -3.78. The minimum atomic E-state index is -0.318. The normalized spacial score (nSPS) is 12.0. The molecule has 0 saturated carbocycles. The Morgan fingerprint density at radius 3 is 2.39 bits per heavy atom. The molecule has 0 saturated heterocycles. The first kappa shape index (κ1) is 20.5. The number of benzene rings is 2. The van der Waals surface area contributed by atoms with Gasteiger partial charge in [-0.2, -0.15) is 0 Å². The fourth-order valence-corrected chi connectivity index (χ4v) is 3.88. The zero-order chi connectivity index (χ0) is 21.6. The van der Waals surface area contributed by atoms with E-state index in [9.17, 15) is 9.59 Å². The molecule has 0 fully saturated rings. The Labute approximate surface area is 183 Å². The molecule has 0 spiro atoms. The summed E-state index contributed by atoms with van der Waals surface area (Å²) >= 11 is 1.40. The van der Waals surface area contributed by atoms with E-state index in [0.29, 0.717) is 36.0 Å². The van der Waals surface area contributed by atoms with Crippen molar-refractivity contribution >= 4 is 34.6 Å². The number of thiophene rings is 1. The van der Waals surface area contributed by atoms with Crippen LogP contribution in [0.15, 0.2) is 67.3 Å². The van der Waals surface area contributed by atoms with E-state index in [1.54, 1.807) is 36.4 Å². The second-order valence-electron chi connectivity index (χ2n) is 6.68. The minimum Gasteiger partial charge on any atom is -0.486 e. The fourth-order valence-electron chi connectivity index (χ4n) is 2.98. The maximum absolute atomic E-state index is 12.6. The molecule has 0 unspecified atom stereocenters. The number of nitrogens with one attached hydrogen (secondary N) is 3. The average molecular weight is 436 g/mol. The molecular weight excluding hydrogens is 414 g/mol. The summed E-state index contributed by atoms with van der Waals surface area (Å²) < 4.78 is 11.2. The highest BCUT2D eigenvalue weighted by Gasteiger charge is 2.15. The molecule has 2 aromatic carbocycles. The van der Waals surface area contributed by atoms with Crippen LogP contribution in [0.25, 0.3) is 10.4 Å². The Balaban J connectivity index is 1.39. The van der Waals surface area contributed by atoms with E-state index < -0.39 is 0 Å². The lowest BCUT2D eigenvalue weighted by atomic mass is 10.1. The lowest BCUT2D eigenvalue weighted by molar-refractivity contribution is 0.103. The van der Waals surface area contributed by atoms with Crippen molar-refractivity contribution in [1.82, 2.24) is 5.32 Å². The third-order valence-electron chi connectivity index (χ3n) is 4.46. The number of urea groups is 1. The van der Waals surface area contributed by atoms with Crippen LogP contribution in [0.4, 0.5) is 16.2 Å². The third kappa shape index (κ3) is 5.04. The monoisotopic (exact) mass is 435 g/mol. The van der Waals surface area contributed by atoms with Crippen LogP contribution >= 0.6 is 11.3 Å². The van der Waals surface area contributed by atoms with Crippen LogP contribution in [0, 0.1) is 0 Å². The Bertz CT molecular complexity index is 1110. The predicted octanol–water partition coefficient (Wildman–Crippen LogP) is 4.75. The van der Waals surface area contributed by atoms with E-state index in [2.05, 4.69) is 22.5 Å². The molecule has 0 aliphatic carbocycles. The molecule has 1 aromatic heterocycles. The van der Waals surface area contributed by atoms with Gasteiger partial charge in [-0.05, 0) is 60.2 Å². The summed E-state index contributed by atoms with van der Waals surface area (Å²) in [5.41, 5.74) is 2.23. The van der Waals surface area contributed by atoms with Gasteiger partial charge >= 0.3 is 6.03 Å². The van der Waals surface area contributed by atoms with Crippen LogP contribution < -0.4 is 25.4 Å². The number of fused-ring (bicyclic) bond motifs is 1. The molecule has 3 amide bonds. The fraction of sp³-hybridized carbons (Fsp3) is 0.130. The van der Waals surface area contributed by atoms with Gasteiger partial charge in [0.25, 0.3) is 5.91 Å². The second kappa shape index (κ2) is 9.36. The molecule has 1 aliphatic heterocycles. The van der Waals surface area contributed by atoms with Crippen LogP contribution in [-0.2, 0) is 0 Å². The zero-order valence-corrected chi connectivity index (χ0v) is 17.5. The number of rotatable bonds is 6. The topological polar surface area (TPSA) is 88.7 Å². The van der Waals surface area contributed by atoms with Crippen LogP contribution in [-0.4, -0.2) is 31.7 Å². The van der Waals surface area contributed by atoms with Gasteiger partial charge in [0.15, 0.2) is 11.5 Å². The van der Waals surface area contributed by atoms with Crippen LogP contribution in [0.3, 0.4) is 0 Å². The SMILES string of the molecule is C=CCNC(=O)Nc1ccc(NC(=O)c2ccc(-c3ccc4c(c3)OCCO4)s2)cc1. The van der Waals surface area contributed by atoms with E-state index in [-0.39, 0.29) is 11.9 Å². The molecule has 0 bridgehead atoms. The Morgan fingerprint density at radius 1 is 0.935 bits per heavy atom. The third-order valence-corrected chi connectivity index (χ3v) is 5.60. The van der Waals surface area contributed by atoms with E-state index in [1.807, 2.05) is 24.3 Å². The van der Waals surface area contributed by atoms with Crippen molar-refractivity contribution in [3.05, 3.63) is 72.1 Å². The standard InChI is InChI=1S/C23H21N3O4S/c1-2-11-24-23(28)26-17-6-4-16(5-7-17)25-22(27)21-10-9-20(31-21)15-3-8-18-19(14-15)30-13-12-29-18/h2-10,14H,1,11-13H2,(H,25,27)(H2,24,26,28). The highest BCUT2D eigenvalue weighted by Crippen LogP contribution is 2.37.